The number of hydrogen-bond donors (Lipinski definition) is 2. The molecule has 1 aromatic rings. The maximum absolute atomic E-state index is 12.4. The summed E-state index contributed by atoms with van der Waals surface area (Å²) in [7, 11) is -3.61. The molecule has 0 atom stereocenters. The van der Waals surface area contributed by atoms with E-state index < -0.39 is 10.0 Å². The molecule has 0 saturated carbocycles. The molecule has 2 rings (SSSR count). The Hall–Kier alpha value is 0.0500. The summed E-state index contributed by atoms with van der Waals surface area (Å²) in [6.45, 7) is 0. The van der Waals surface area contributed by atoms with E-state index in [0.717, 1.165) is 24.3 Å². The number of nitrogens with two attached hydrogens (primary N) is 1. The van der Waals surface area contributed by atoms with Crippen molar-refractivity contribution in [3.63, 3.8) is 0 Å². The SMILES string of the molecule is Nc1cc(Cl)cc(S(=O)(=O)NC2CCSCC2)c1Br. The molecule has 1 fully saturated rings. The number of nitrogens with one attached hydrogen (secondary N) is 1. The van der Waals surface area contributed by atoms with Gasteiger partial charge in [-0.25, -0.2) is 13.1 Å². The van der Waals surface area contributed by atoms with Crippen molar-refractivity contribution in [2.24, 2.45) is 0 Å². The number of rotatable bonds is 3. The van der Waals surface area contributed by atoms with Crippen LogP contribution in [0.4, 0.5) is 5.69 Å². The Morgan fingerprint density at radius 2 is 2.00 bits per heavy atom. The van der Waals surface area contributed by atoms with E-state index in [2.05, 4.69) is 20.7 Å². The number of benzene rings is 1. The smallest absolute Gasteiger partial charge is 0.242 e. The predicted molar refractivity (Wildman–Crippen MR) is 84.2 cm³/mol. The summed E-state index contributed by atoms with van der Waals surface area (Å²) in [5.41, 5.74) is 6.04. The summed E-state index contributed by atoms with van der Waals surface area (Å²) in [5, 5.41) is 0.306. The average Bonchev–Trinajstić information content (AvgIpc) is 2.34. The highest BCUT2D eigenvalue weighted by atomic mass is 79.9. The third-order valence-corrected chi connectivity index (χ3v) is 6.82. The normalized spacial score (nSPS) is 17.6. The highest BCUT2D eigenvalue weighted by Gasteiger charge is 2.25. The first-order chi connectivity index (χ1) is 8.90. The number of thioether (sulfide) groups is 1. The van der Waals surface area contributed by atoms with Gasteiger partial charge in [-0.2, -0.15) is 11.8 Å². The monoisotopic (exact) mass is 384 g/mol. The lowest BCUT2D eigenvalue weighted by Gasteiger charge is -2.22. The fraction of sp³-hybridized carbons (Fsp3) is 0.455. The van der Waals surface area contributed by atoms with E-state index in [9.17, 15) is 8.42 Å². The van der Waals surface area contributed by atoms with Crippen molar-refractivity contribution in [1.82, 2.24) is 4.72 Å². The zero-order chi connectivity index (χ0) is 14.0. The number of hydrogen-bond acceptors (Lipinski definition) is 4. The number of anilines is 1. The Bertz CT molecular complexity index is 574. The van der Waals surface area contributed by atoms with Crippen LogP contribution in [-0.2, 0) is 10.0 Å². The Labute approximate surface area is 130 Å². The lowest BCUT2D eigenvalue weighted by Crippen LogP contribution is -2.37. The third-order valence-electron chi connectivity index (χ3n) is 2.86. The molecule has 0 amide bonds. The van der Waals surface area contributed by atoms with Crippen molar-refractivity contribution in [3.05, 3.63) is 21.6 Å². The Morgan fingerprint density at radius 3 is 2.63 bits per heavy atom. The number of sulfonamides is 1. The summed E-state index contributed by atoms with van der Waals surface area (Å²) in [4.78, 5) is 0.0933. The van der Waals surface area contributed by atoms with E-state index in [1.54, 1.807) is 0 Å². The van der Waals surface area contributed by atoms with Gasteiger partial charge in [-0.3, -0.25) is 0 Å². The molecule has 1 aromatic carbocycles. The van der Waals surface area contributed by atoms with Crippen LogP contribution in [0.3, 0.4) is 0 Å². The summed E-state index contributed by atoms with van der Waals surface area (Å²) in [6, 6.07) is 2.91. The van der Waals surface area contributed by atoms with Crippen molar-refractivity contribution in [2.45, 2.75) is 23.8 Å². The van der Waals surface area contributed by atoms with Gasteiger partial charge in [0.05, 0.1) is 9.37 Å². The maximum atomic E-state index is 12.4. The molecule has 0 unspecified atom stereocenters. The van der Waals surface area contributed by atoms with E-state index in [0.29, 0.717) is 15.2 Å². The summed E-state index contributed by atoms with van der Waals surface area (Å²) in [6.07, 6.45) is 1.69. The molecule has 4 nitrogen and oxygen atoms in total. The molecule has 106 valence electrons. The standard InChI is InChI=1S/C11H14BrClN2O2S2/c12-11-9(14)5-7(13)6-10(11)19(16,17)15-8-1-3-18-4-2-8/h5-6,8,15H,1-4,14H2. The van der Waals surface area contributed by atoms with E-state index in [4.69, 9.17) is 17.3 Å². The van der Waals surface area contributed by atoms with Crippen LogP contribution >= 0.6 is 39.3 Å². The largest absolute Gasteiger partial charge is 0.398 e. The molecule has 0 radical (unpaired) electrons. The van der Waals surface area contributed by atoms with Gasteiger partial charge in [-0.05, 0) is 52.4 Å². The molecule has 0 aliphatic carbocycles. The molecule has 1 heterocycles. The predicted octanol–water partition coefficient (Wildman–Crippen LogP) is 2.86. The second kappa shape index (κ2) is 6.22. The van der Waals surface area contributed by atoms with Crippen LogP contribution in [0.15, 0.2) is 21.5 Å². The van der Waals surface area contributed by atoms with Crippen LogP contribution in [-0.4, -0.2) is 26.0 Å². The fourth-order valence-corrected chi connectivity index (χ4v) is 5.58. The van der Waals surface area contributed by atoms with Crippen LogP contribution in [0.25, 0.3) is 0 Å². The third kappa shape index (κ3) is 3.78. The second-order valence-electron chi connectivity index (χ2n) is 4.32. The Morgan fingerprint density at radius 1 is 1.37 bits per heavy atom. The van der Waals surface area contributed by atoms with Gasteiger partial charge in [0.1, 0.15) is 0 Å². The minimum atomic E-state index is -3.61. The van der Waals surface area contributed by atoms with E-state index in [1.165, 1.54) is 12.1 Å². The Balaban J connectivity index is 2.28. The molecule has 1 aliphatic rings. The topological polar surface area (TPSA) is 72.2 Å². The molecule has 0 spiro atoms. The van der Waals surface area contributed by atoms with Crippen LogP contribution in [0, 0.1) is 0 Å². The second-order valence-corrected chi connectivity index (χ2v) is 8.45. The van der Waals surface area contributed by atoms with E-state index >= 15 is 0 Å². The van der Waals surface area contributed by atoms with Crippen molar-refractivity contribution in [1.29, 1.82) is 0 Å². The van der Waals surface area contributed by atoms with Gasteiger partial charge in [0, 0.05) is 16.8 Å². The molecular formula is C11H14BrClN2O2S2. The molecular weight excluding hydrogens is 372 g/mol. The summed E-state index contributed by atoms with van der Waals surface area (Å²) in [5.74, 6) is 1.96. The zero-order valence-corrected chi connectivity index (χ0v) is 14.0. The molecule has 0 bridgehead atoms. The molecule has 19 heavy (non-hydrogen) atoms. The van der Waals surface area contributed by atoms with Crippen molar-refractivity contribution >= 4 is 55.0 Å². The van der Waals surface area contributed by atoms with Gasteiger partial charge in [0.2, 0.25) is 10.0 Å². The molecule has 0 aromatic heterocycles. The molecule has 1 aliphatic heterocycles. The lowest BCUT2D eigenvalue weighted by molar-refractivity contribution is 0.528. The van der Waals surface area contributed by atoms with Gasteiger partial charge >= 0.3 is 0 Å². The Kier molecular flexibility index (Phi) is 5.05. The van der Waals surface area contributed by atoms with Crippen LogP contribution in [0.2, 0.25) is 5.02 Å². The lowest BCUT2D eigenvalue weighted by atomic mass is 10.2. The first kappa shape index (κ1) is 15.4. The van der Waals surface area contributed by atoms with Crippen LogP contribution in [0.1, 0.15) is 12.8 Å². The fourth-order valence-electron chi connectivity index (χ4n) is 1.88. The number of halogens is 2. The van der Waals surface area contributed by atoms with Gasteiger partial charge in [-0.15, -0.1) is 0 Å². The van der Waals surface area contributed by atoms with Crippen LogP contribution in [0.5, 0.6) is 0 Å². The van der Waals surface area contributed by atoms with Gasteiger partial charge in [0.15, 0.2) is 0 Å². The van der Waals surface area contributed by atoms with Gasteiger partial charge in [-0.1, -0.05) is 11.6 Å². The molecule has 8 heteroatoms. The van der Waals surface area contributed by atoms with Gasteiger partial charge < -0.3 is 5.73 Å². The minimum absolute atomic E-state index is 0.0154. The first-order valence-electron chi connectivity index (χ1n) is 5.75. The number of nitrogen functional groups attached to an aromatic ring is 1. The van der Waals surface area contributed by atoms with Crippen molar-refractivity contribution in [3.8, 4) is 0 Å². The maximum Gasteiger partial charge on any atom is 0.242 e. The highest BCUT2D eigenvalue weighted by Crippen LogP contribution is 2.32. The van der Waals surface area contributed by atoms with Crippen LogP contribution < -0.4 is 10.5 Å². The summed E-state index contributed by atoms with van der Waals surface area (Å²) >= 11 is 10.9. The average molecular weight is 386 g/mol. The quantitative estimate of drug-likeness (QED) is 0.785. The summed E-state index contributed by atoms with van der Waals surface area (Å²) < 4.78 is 27.8. The van der Waals surface area contributed by atoms with Gasteiger partial charge in [0.25, 0.3) is 0 Å². The molecule has 3 N–H and O–H groups in total. The molecule has 1 saturated heterocycles. The van der Waals surface area contributed by atoms with Crippen molar-refractivity contribution < 1.29 is 8.42 Å². The minimum Gasteiger partial charge on any atom is -0.398 e. The van der Waals surface area contributed by atoms with Crippen molar-refractivity contribution in [2.75, 3.05) is 17.2 Å². The highest BCUT2D eigenvalue weighted by molar-refractivity contribution is 9.10. The van der Waals surface area contributed by atoms with E-state index in [1.807, 2.05) is 11.8 Å². The first-order valence-corrected chi connectivity index (χ1v) is 9.55. The zero-order valence-electron chi connectivity index (χ0n) is 10.0. The van der Waals surface area contributed by atoms with E-state index in [-0.39, 0.29) is 10.9 Å².